The van der Waals surface area contributed by atoms with Gasteiger partial charge in [-0.25, -0.2) is 0 Å². The van der Waals surface area contributed by atoms with Crippen molar-refractivity contribution in [2.75, 3.05) is 0 Å². The molecule has 13 heavy (non-hydrogen) atoms. The van der Waals surface area contributed by atoms with Crippen molar-refractivity contribution in [3.8, 4) is 0 Å². The van der Waals surface area contributed by atoms with Gasteiger partial charge in [0, 0.05) is 19.4 Å². The second kappa shape index (κ2) is 4.07. The summed E-state index contributed by atoms with van der Waals surface area (Å²) in [6.45, 7) is 5.06. The van der Waals surface area contributed by atoms with E-state index in [9.17, 15) is 4.79 Å². The maximum absolute atomic E-state index is 10.6. The molecule has 0 fully saturated rings. The maximum atomic E-state index is 10.6. The third-order valence-electron chi connectivity index (χ3n) is 1.53. The van der Waals surface area contributed by atoms with Crippen LogP contribution in [0.2, 0.25) is 0 Å². The first-order chi connectivity index (χ1) is 6.08. The highest BCUT2D eigenvalue weighted by atomic mass is 16.5. The smallest absolute Gasteiger partial charge is 0.302 e. The summed E-state index contributed by atoms with van der Waals surface area (Å²) >= 11 is 0. The van der Waals surface area contributed by atoms with Gasteiger partial charge in [-0.15, -0.1) is 0 Å². The molecule has 0 aliphatic rings. The molecule has 0 unspecified atom stereocenters. The van der Waals surface area contributed by atoms with Crippen LogP contribution in [0.4, 0.5) is 0 Å². The van der Waals surface area contributed by atoms with Crippen molar-refractivity contribution < 1.29 is 14.1 Å². The van der Waals surface area contributed by atoms with Crippen LogP contribution >= 0.6 is 0 Å². The Balaban J connectivity index is 2.44. The van der Waals surface area contributed by atoms with Crippen LogP contribution in [0.25, 0.3) is 0 Å². The van der Waals surface area contributed by atoms with E-state index in [1.165, 1.54) is 6.92 Å². The summed E-state index contributed by atoms with van der Waals surface area (Å²) in [5.74, 6) is 0.468. The molecular formula is C9H13NO3. The number of hydrogen-bond acceptors (Lipinski definition) is 4. The zero-order valence-electron chi connectivity index (χ0n) is 8.03. The third-order valence-corrected chi connectivity index (χ3v) is 1.53. The molecule has 1 rings (SSSR count). The van der Waals surface area contributed by atoms with Gasteiger partial charge in [0.15, 0.2) is 0 Å². The molecular weight excluding hydrogens is 170 g/mol. The Morgan fingerprint density at radius 3 is 2.92 bits per heavy atom. The van der Waals surface area contributed by atoms with E-state index in [1.807, 2.05) is 19.9 Å². The summed E-state index contributed by atoms with van der Waals surface area (Å²) in [4.78, 5) is 10.6. The summed E-state index contributed by atoms with van der Waals surface area (Å²) in [5, 5.41) is 3.73. The topological polar surface area (TPSA) is 52.3 Å². The maximum Gasteiger partial charge on any atom is 0.302 e. The molecule has 1 aromatic rings. The molecule has 0 spiro atoms. The van der Waals surface area contributed by atoms with Crippen molar-refractivity contribution in [3.63, 3.8) is 0 Å². The Morgan fingerprint density at radius 1 is 1.77 bits per heavy atom. The van der Waals surface area contributed by atoms with E-state index >= 15 is 0 Å². The molecule has 1 aromatic heterocycles. The van der Waals surface area contributed by atoms with Gasteiger partial charge in [0.05, 0.1) is 5.69 Å². The Morgan fingerprint density at radius 2 is 2.46 bits per heavy atom. The van der Waals surface area contributed by atoms with Gasteiger partial charge in [0.2, 0.25) is 0 Å². The third kappa shape index (κ3) is 3.27. The SMILES string of the molecule is CC(=O)O[C@H](C)Cc1cc(C)no1. The molecule has 72 valence electrons. The lowest BCUT2D eigenvalue weighted by atomic mass is 10.2. The average Bonchev–Trinajstić information content (AvgIpc) is 2.33. The zero-order valence-corrected chi connectivity index (χ0v) is 8.03. The molecule has 0 radical (unpaired) electrons. The predicted octanol–water partition coefficient (Wildman–Crippen LogP) is 1.48. The minimum Gasteiger partial charge on any atom is -0.462 e. The highest BCUT2D eigenvalue weighted by molar-refractivity contribution is 5.66. The second-order valence-electron chi connectivity index (χ2n) is 3.06. The van der Waals surface area contributed by atoms with Crippen LogP contribution in [0.15, 0.2) is 10.6 Å². The molecule has 0 aromatic carbocycles. The van der Waals surface area contributed by atoms with Crippen molar-refractivity contribution in [1.82, 2.24) is 5.16 Å². The van der Waals surface area contributed by atoms with Crippen LogP contribution < -0.4 is 0 Å². The highest BCUT2D eigenvalue weighted by Gasteiger charge is 2.09. The van der Waals surface area contributed by atoms with E-state index in [1.54, 1.807) is 0 Å². The van der Waals surface area contributed by atoms with E-state index in [2.05, 4.69) is 5.16 Å². The number of hydrogen-bond donors (Lipinski definition) is 0. The normalized spacial score (nSPS) is 12.5. The number of carbonyl (C=O) groups excluding carboxylic acids is 1. The first-order valence-electron chi connectivity index (χ1n) is 4.17. The lowest BCUT2D eigenvalue weighted by molar-refractivity contribution is -0.145. The van der Waals surface area contributed by atoms with E-state index in [0.29, 0.717) is 6.42 Å². The highest BCUT2D eigenvalue weighted by Crippen LogP contribution is 2.07. The summed E-state index contributed by atoms with van der Waals surface area (Å²) in [7, 11) is 0. The van der Waals surface area contributed by atoms with Gasteiger partial charge in [-0.3, -0.25) is 4.79 Å². The number of aromatic nitrogens is 1. The quantitative estimate of drug-likeness (QED) is 0.666. The van der Waals surface area contributed by atoms with Crippen LogP contribution in [0.1, 0.15) is 25.3 Å². The summed E-state index contributed by atoms with van der Waals surface area (Å²) in [5.41, 5.74) is 0.838. The Hall–Kier alpha value is -1.32. The molecule has 0 amide bonds. The van der Waals surface area contributed by atoms with Crippen molar-refractivity contribution >= 4 is 5.97 Å². The van der Waals surface area contributed by atoms with Gasteiger partial charge in [-0.1, -0.05) is 5.16 Å². The number of rotatable bonds is 3. The molecule has 0 bridgehead atoms. The van der Waals surface area contributed by atoms with Crippen molar-refractivity contribution in [2.45, 2.75) is 33.3 Å². The van der Waals surface area contributed by atoms with Crippen LogP contribution in [0.5, 0.6) is 0 Å². The van der Waals surface area contributed by atoms with E-state index < -0.39 is 0 Å². The van der Waals surface area contributed by atoms with E-state index in [0.717, 1.165) is 11.5 Å². The Bertz CT molecular complexity index is 293. The van der Waals surface area contributed by atoms with Gasteiger partial charge in [0.25, 0.3) is 0 Å². The molecule has 4 heteroatoms. The fraction of sp³-hybridized carbons (Fsp3) is 0.556. The standard InChI is InChI=1S/C9H13NO3/c1-6-4-9(13-10-6)5-7(2)12-8(3)11/h4,7H,5H2,1-3H3/t7-/m1/s1. The van der Waals surface area contributed by atoms with Gasteiger partial charge in [-0.05, 0) is 13.8 Å². The molecule has 0 saturated heterocycles. The minimum absolute atomic E-state index is 0.162. The predicted molar refractivity (Wildman–Crippen MR) is 46.2 cm³/mol. The van der Waals surface area contributed by atoms with Gasteiger partial charge in [-0.2, -0.15) is 0 Å². The van der Waals surface area contributed by atoms with Crippen molar-refractivity contribution in [1.29, 1.82) is 0 Å². The fourth-order valence-electron chi connectivity index (χ4n) is 1.12. The largest absolute Gasteiger partial charge is 0.462 e. The molecule has 1 heterocycles. The van der Waals surface area contributed by atoms with Gasteiger partial charge in [0.1, 0.15) is 11.9 Å². The summed E-state index contributed by atoms with van der Waals surface area (Å²) < 4.78 is 9.91. The second-order valence-corrected chi connectivity index (χ2v) is 3.06. The van der Waals surface area contributed by atoms with Crippen LogP contribution in [-0.2, 0) is 16.0 Å². The molecule has 0 aliphatic carbocycles. The Labute approximate surface area is 76.9 Å². The summed E-state index contributed by atoms with van der Waals surface area (Å²) in [6.07, 6.45) is 0.408. The first kappa shape index (κ1) is 9.77. The number of carbonyl (C=O) groups is 1. The van der Waals surface area contributed by atoms with Crippen LogP contribution in [0, 0.1) is 6.92 Å². The first-order valence-corrected chi connectivity index (χ1v) is 4.17. The van der Waals surface area contributed by atoms with Gasteiger partial charge >= 0.3 is 5.97 Å². The number of esters is 1. The summed E-state index contributed by atoms with van der Waals surface area (Å²) in [6, 6.07) is 1.83. The number of ether oxygens (including phenoxy) is 1. The average molecular weight is 183 g/mol. The minimum atomic E-state index is -0.274. The molecule has 0 N–H and O–H groups in total. The molecule has 4 nitrogen and oxygen atoms in total. The van der Waals surface area contributed by atoms with Gasteiger partial charge < -0.3 is 9.26 Å². The van der Waals surface area contributed by atoms with E-state index in [4.69, 9.17) is 9.26 Å². The molecule has 0 aliphatic heterocycles. The number of nitrogens with zero attached hydrogens (tertiary/aromatic N) is 1. The Kier molecular flexibility index (Phi) is 3.06. The van der Waals surface area contributed by atoms with Crippen LogP contribution in [0.3, 0.4) is 0 Å². The zero-order chi connectivity index (χ0) is 9.84. The number of aryl methyl sites for hydroxylation is 1. The van der Waals surface area contributed by atoms with Crippen LogP contribution in [-0.4, -0.2) is 17.2 Å². The van der Waals surface area contributed by atoms with E-state index in [-0.39, 0.29) is 12.1 Å². The lowest BCUT2D eigenvalue weighted by Crippen LogP contribution is -2.14. The lowest BCUT2D eigenvalue weighted by Gasteiger charge is -2.08. The van der Waals surface area contributed by atoms with Crippen molar-refractivity contribution in [2.24, 2.45) is 0 Å². The van der Waals surface area contributed by atoms with Crippen molar-refractivity contribution in [3.05, 3.63) is 17.5 Å². The monoisotopic (exact) mass is 183 g/mol. The molecule has 0 saturated carbocycles. The molecule has 1 atom stereocenters. The fourth-order valence-corrected chi connectivity index (χ4v) is 1.12.